The Kier molecular flexibility index (Phi) is 5.63. The van der Waals surface area contributed by atoms with Crippen molar-refractivity contribution in [2.45, 2.75) is 19.5 Å². The molecule has 2 aromatic rings. The number of aromatic nitrogens is 1. The second-order valence-electron chi connectivity index (χ2n) is 5.11. The SMILES string of the molecule is C[C@@H](NC(=O)NCc1ccnc(N(C)C)c1)c1ccc(Cl)s1. The second-order valence-corrected chi connectivity index (χ2v) is 6.85. The summed E-state index contributed by atoms with van der Waals surface area (Å²) >= 11 is 7.37. The van der Waals surface area contributed by atoms with Crippen LogP contribution in [0.5, 0.6) is 0 Å². The highest BCUT2D eigenvalue weighted by Crippen LogP contribution is 2.26. The molecule has 0 spiro atoms. The van der Waals surface area contributed by atoms with Crippen LogP contribution in [0.25, 0.3) is 0 Å². The standard InChI is InChI=1S/C15H19ClN4OS/c1-10(12-4-5-13(16)22-12)19-15(21)18-9-11-6-7-17-14(8-11)20(2)3/h4-8,10H,9H2,1-3H3,(H2,18,19,21)/t10-/m1/s1. The maximum atomic E-state index is 11.9. The van der Waals surface area contributed by atoms with Gasteiger partial charge in [-0.25, -0.2) is 9.78 Å². The normalized spacial score (nSPS) is 11.8. The molecule has 2 amide bonds. The van der Waals surface area contributed by atoms with Gasteiger partial charge in [0, 0.05) is 31.7 Å². The summed E-state index contributed by atoms with van der Waals surface area (Å²) in [7, 11) is 3.86. The van der Waals surface area contributed by atoms with E-state index in [4.69, 9.17) is 11.6 Å². The second kappa shape index (κ2) is 7.47. The number of urea groups is 1. The average Bonchev–Trinajstić information content (AvgIpc) is 2.92. The molecule has 1 atom stereocenters. The molecule has 0 unspecified atom stereocenters. The maximum Gasteiger partial charge on any atom is 0.315 e. The van der Waals surface area contributed by atoms with Crippen LogP contribution >= 0.6 is 22.9 Å². The Labute approximate surface area is 139 Å². The summed E-state index contributed by atoms with van der Waals surface area (Å²) in [6.07, 6.45) is 1.74. The van der Waals surface area contributed by atoms with E-state index in [1.807, 2.05) is 50.2 Å². The fraction of sp³-hybridized carbons (Fsp3) is 0.333. The number of nitrogens with one attached hydrogen (secondary N) is 2. The Bertz CT molecular complexity index is 644. The number of carbonyl (C=O) groups excluding carboxylic acids is 1. The van der Waals surface area contributed by atoms with Crippen LogP contribution in [0.4, 0.5) is 10.6 Å². The highest BCUT2D eigenvalue weighted by molar-refractivity contribution is 7.16. The van der Waals surface area contributed by atoms with E-state index >= 15 is 0 Å². The van der Waals surface area contributed by atoms with Crippen molar-refractivity contribution in [2.24, 2.45) is 0 Å². The van der Waals surface area contributed by atoms with Crippen molar-refractivity contribution in [3.05, 3.63) is 45.2 Å². The third-order valence-electron chi connectivity index (χ3n) is 3.09. The minimum absolute atomic E-state index is 0.0766. The van der Waals surface area contributed by atoms with Crippen LogP contribution in [0.2, 0.25) is 4.34 Å². The molecule has 0 aromatic carbocycles. The predicted octanol–water partition coefficient (Wildman–Crippen LogP) is 3.42. The third-order valence-corrected chi connectivity index (χ3v) is 4.50. The molecule has 0 saturated carbocycles. The molecule has 0 aliphatic carbocycles. The molecule has 2 N–H and O–H groups in total. The molecule has 5 nitrogen and oxygen atoms in total. The summed E-state index contributed by atoms with van der Waals surface area (Å²) in [5.41, 5.74) is 1.00. The zero-order valence-corrected chi connectivity index (χ0v) is 14.3. The Hall–Kier alpha value is -1.79. The fourth-order valence-corrected chi connectivity index (χ4v) is 2.94. The summed E-state index contributed by atoms with van der Waals surface area (Å²) in [5, 5.41) is 5.74. The van der Waals surface area contributed by atoms with Crippen LogP contribution in [0, 0.1) is 0 Å². The molecule has 118 valence electrons. The number of carbonyl (C=O) groups is 1. The van der Waals surface area contributed by atoms with Crippen molar-refractivity contribution in [3.63, 3.8) is 0 Å². The maximum absolute atomic E-state index is 11.9. The summed E-state index contributed by atoms with van der Waals surface area (Å²) in [4.78, 5) is 19.1. The molecule has 22 heavy (non-hydrogen) atoms. The molecule has 0 fully saturated rings. The smallest absolute Gasteiger partial charge is 0.315 e. The van der Waals surface area contributed by atoms with Crippen LogP contribution in [0.1, 0.15) is 23.4 Å². The molecule has 2 aromatic heterocycles. The lowest BCUT2D eigenvalue weighted by Gasteiger charge is -2.14. The Morgan fingerprint density at radius 2 is 2.18 bits per heavy atom. The lowest BCUT2D eigenvalue weighted by Crippen LogP contribution is -2.36. The number of hydrogen-bond donors (Lipinski definition) is 2. The topological polar surface area (TPSA) is 57.3 Å². The van der Waals surface area contributed by atoms with E-state index in [0.29, 0.717) is 6.54 Å². The molecular weight excluding hydrogens is 320 g/mol. The van der Waals surface area contributed by atoms with E-state index in [1.165, 1.54) is 11.3 Å². The number of halogens is 1. The lowest BCUT2D eigenvalue weighted by molar-refractivity contribution is 0.237. The number of nitrogens with zero attached hydrogens (tertiary/aromatic N) is 2. The summed E-state index contributed by atoms with van der Waals surface area (Å²) in [6.45, 7) is 2.38. The van der Waals surface area contributed by atoms with Gasteiger partial charge in [-0.05, 0) is 36.8 Å². The Morgan fingerprint density at radius 1 is 1.41 bits per heavy atom. The van der Waals surface area contributed by atoms with Crippen molar-refractivity contribution < 1.29 is 4.79 Å². The fourth-order valence-electron chi connectivity index (χ4n) is 1.88. The van der Waals surface area contributed by atoms with Crippen molar-refractivity contribution in [1.82, 2.24) is 15.6 Å². The highest BCUT2D eigenvalue weighted by atomic mass is 35.5. The van der Waals surface area contributed by atoms with Crippen LogP contribution < -0.4 is 15.5 Å². The van der Waals surface area contributed by atoms with Gasteiger partial charge in [0.2, 0.25) is 0 Å². The first-order valence-corrected chi connectivity index (χ1v) is 8.07. The van der Waals surface area contributed by atoms with Gasteiger partial charge < -0.3 is 15.5 Å². The molecule has 0 aliphatic rings. The summed E-state index contributed by atoms with van der Waals surface area (Å²) in [6, 6.07) is 7.30. The summed E-state index contributed by atoms with van der Waals surface area (Å²) in [5.74, 6) is 0.862. The first-order valence-electron chi connectivity index (χ1n) is 6.87. The quantitative estimate of drug-likeness (QED) is 0.878. The van der Waals surface area contributed by atoms with Gasteiger partial charge in [-0.3, -0.25) is 0 Å². The van der Waals surface area contributed by atoms with Gasteiger partial charge in [-0.2, -0.15) is 0 Å². The molecular formula is C15H19ClN4OS. The van der Waals surface area contributed by atoms with Gasteiger partial charge >= 0.3 is 6.03 Å². The minimum atomic E-state index is -0.208. The molecule has 0 saturated heterocycles. The van der Waals surface area contributed by atoms with Gasteiger partial charge in [0.05, 0.1) is 10.4 Å². The number of amides is 2. The van der Waals surface area contributed by atoms with Crippen LogP contribution in [0.15, 0.2) is 30.5 Å². The van der Waals surface area contributed by atoms with Crippen LogP contribution in [-0.2, 0) is 6.54 Å². The zero-order valence-electron chi connectivity index (χ0n) is 12.8. The van der Waals surface area contributed by atoms with Crippen LogP contribution in [0.3, 0.4) is 0 Å². The van der Waals surface area contributed by atoms with E-state index in [1.54, 1.807) is 6.20 Å². The minimum Gasteiger partial charge on any atom is -0.363 e. The number of pyridine rings is 1. The van der Waals surface area contributed by atoms with Crippen LogP contribution in [-0.4, -0.2) is 25.1 Å². The zero-order chi connectivity index (χ0) is 16.1. The number of hydrogen-bond acceptors (Lipinski definition) is 4. The molecule has 7 heteroatoms. The van der Waals surface area contributed by atoms with E-state index < -0.39 is 0 Å². The van der Waals surface area contributed by atoms with Gasteiger partial charge in [0.15, 0.2) is 0 Å². The number of anilines is 1. The monoisotopic (exact) mass is 338 g/mol. The van der Waals surface area contributed by atoms with Crippen molar-refractivity contribution >= 4 is 34.8 Å². The molecule has 2 heterocycles. The van der Waals surface area contributed by atoms with Gasteiger partial charge in [-0.1, -0.05) is 11.6 Å². The molecule has 0 bridgehead atoms. The third kappa shape index (κ3) is 4.61. The average molecular weight is 339 g/mol. The van der Waals surface area contributed by atoms with Gasteiger partial charge in [0.1, 0.15) is 5.82 Å². The van der Waals surface area contributed by atoms with Crippen molar-refractivity contribution in [2.75, 3.05) is 19.0 Å². The first-order chi connectivity index (χ1) is 10.5. The molecule has 0 aliphatic heterocycles. The number of rotatable bonds is 5. The van der Waals surface area contributed by atoms with Crippen molar-refractivity contribution in [3.8, 4) is 0 Å². The Balaban J connectivity index is 1.86. The highest BCUT2D eigenvalue weighted by Gasteiger charge is 2.11. The predicted molar refractivity (Wildman–Crippen MR) is 91.7 cm³/mol. The van der Waals surface area contributed by atoms with E-state index in [-0.39, 0.29) is 12.1 Å². The van der Waals surface area contributed by atoms with E-state index in [0.717, 1.165) is 20.6 Å². The van der Waals surface area contributed by atoms with Gasteiger partial charge in [0.25, 0.3) is 0 Å². The largest absolute Gasteiger partial charge is 0.363 e. The molecule has 0 radical (unpaired) electrons. The van der Waals surface area contributed by atoms with E-state index in [2.05, 4.69) is 15.6 Å². The lowest BCUT2D eigenvalue weighted by atomic mass is 10.2. The van der Waals surface area contributed by atoms with E-state index in [9.17, 15) is 4.79 Å². The van der Waals surface area contributed by atoms with Crippen molar-refractivity contribution in [1.29, 1.82) is 0 Å². The van der Waals surface area contributed by atoms with Gasteiger partial charge in [-0.15, -0.1) is 11.3 Å². The first kappa shape index (κ1) is 16.6. The number of thiophene rings is 1. The summed E-state index contributed by atoms with van der Waals surface area (Å²) < 4.78 is 0.719. The molecule has 2 rings (SSSR count). The Morgan fingerprint density at radius 3 is 2.82 bits per heavy atom.